The molecule has 2 unspecified atom stereocenters. The van der Waals surface area contributed by atoms with Crippen LogP contribution in [0.25, 0.3) is 0 Å². The highest BCUT2D eigenvalue weighted by molar-refractivity contribution is 7.12. The zero-order valence-electron chi connectivity index (χ0n) is 12.6. The number of rotatable bonds is 5. The van der Waals surface area contributed by atoms with E-state index in [4.69, 9.17) is 4.74 Å². The fraction of sp³-hybridized carbons (Fsp3) is 0.600. The summed E-state index contributed by atoms with van der Waals surface area (Å²) in [4.78, 5) is 27.8. The second-order valence-electron chi connectivity index (χ2n) is 5.38. The van der Waals surface area contributed by atoms with Crippen molar-refractivity contribution in [1.82, 2.24) is 4.90 Å². The Hall–Kier alpha value is -1.40. The van der Waals surface area contributed by atoms with Crippen molar-refractivity contribution in [1.29, 1.82) is 0 Å². The summed E-state index contributed by atoms with van der Waals surface area (Å²) >= 11 is 1.64. The fourth-order valence-corrected chi connectivity index (χ4v) is 3.96. The van der Waals surface area contributed by atoms with E-state index >= 15 is 0 Å². The minimum atomic E-state index is -0.835. The van der Waals surface area contributed by atoms with Crippen LogP contribution in [0.1, 0.15) is 34.2 Å². The summed E-state index contributed by atoms with van der Waals surface area (Å²) in [5.41, 5.74) is 0.967. The van der Waals surface area contributed by atoms with E-state index in [9.17, 15) is 14.7 Å². The Balaban J connectivity index is 2.41. The zero-order chi connectivity index (χ0) is 15.6. The maximum atomic E-state index is 12.3. The van der Waals surface area contributed by atoms with Gasteiger partial charge < -0.3 is 14.7 Å². The van der Waals surface area contributed by atoms with Crippen LogP contribution in [0.5, 0.6) is 0 Å². The number of amides is 1. The molecule has 1 aliphatic heterocycles. The molecule has 2 rings (SSSR count). The van der Waals surface area contributed by atoms with Gasteiger partial charge in [0.05, 0.1) is 18.6 Å². The Morgan fingerprint density at radius 1 is 1.52 bits per heavy atom. The van der Waals surface area contributed by atoms with E-state index in [2.05, 4.69) is 0 Å². The fourth-order valence-electron chi connectivity index (χ4n) is 2.99. The second-order valence-corrected chi connectivity index (χ2v) is 6.84. The van der Waals surface area contributed by atoms with E-state index in [1.165, 1.54) is 0 Å². The first-order valence-electron chi connectivity index (χ1n) is 7.03. The second kappa shape index (κ2) is 6.58. The van der Waals surface area contributed by atoms with Gasteiger partial charge in [-0.05, 0) is 31.9 Å². The lowest BCUT2D eigenvalue weighted by Gasteiger charge is -2.39. The van der Waals surface area contributed by atoms with Gasteiger partial charge in [0.2, 0.25) is 5.91 Å². The van der Waals surface area contributed by atoms with Crippen molar-refractivity contribution in [3.63, 3.8) is 0 Å². The van der Waals surface area contributed by atoms with E-state index in [-0.39, 0.29) is 11.9 Å². The van der Waals surface area contributed by atoms with Crippen LogP contribution >= 0.6 is 11.3 Å². The topological polar surface area (TPSA) is 66.8 Å². The molecule has 6 heteroatoms. The van der Waals surface area contributed by atoms with Crippen LogP contribution < -0.4 is 0 Å². The number of piperidine rings is 1. The van der Waals surface area contributed by atoms with Crippen molar-refractivity contribution in [3.05, 3.63) is 21.4 Å². The third-order valence-corrected chi connectivity index (χ3v) is 4.94. The van der Waals surface area contributed by atoms with Crippen molar-refractivity contribution < 1.29 is 19.4 Å². The summed E-state index contributed by atoms with van der Waals surface area (Å²) in [6, 6.07) is 1.63. The van der Waals surface area contributed by atoms with Crippen molar-refractivity contribution in [2.75, 3.05) is 20.3 Å². The third kappa shape index (κ3) is 3.27. The lowest BCUT2D eigenvalue weighted by atomic mass is 9.84. The minimum Gasteiger partial charge on any atom is -0.481 e. The van der Waals surface area contributed by atoms with Gasteiger partial charge in [0, 0.05) is 29.8 Å². The monoisotopic (exact) mass is 311 g/mol. The number of aryl methyl sites for hydroxylation is 2. The van der Waals surface area contributed by atoms with Gasteiger partial charge in [-0.2, -0.15) is 0 Å². The van der Waals surface area contributed by atoms with E-state index < -0.39 is 11.9 Å². The Morgan fingerprint density at radius 3 is 2.76 bits per heavy atom. The standard InChI is InChI=1S/C15H21NO4S/c1-9-8-12(10(2)21-9)14-11(15(18)19)4-5-13(17)16(14)6-7-20-3/h8,11,14H,4-7H2,1-3H3,(H,18,19). The number of hydrogen-bond donors (Lipinski definition) is 1. The number of thiophene rings is 1. The molecule has 1 fully saturated rings. The first-order chi connectivity index (χ1) is 9.95. The number of hydrogen-bond acceptors (Lipinski definition) is 4. The molecule has 5 nitrogen and oxygen atoms in total. The number of nitrogens with zero attached hydrogens (tertiary/aromatic N) is 1. The number of carbonyl (C=O) groups excluding carboxylic acids is 1. The normalized spacial score (nSPS) is 22.6. The predicted molar refractivity (Wildman–Crippen MR) is 80.5 cm³/mol. The van der Waals surface area contributed by atoms with E-state index in [1.54, 1.807) is 23.3 Å². The molecule has 0 radical (unpaired) electrons. The molecule has 0 spiro atoms. The largest absolute Gasteiger partial charge is 0.481 e. The zero-order valence-corrected chi connectivity index (χ0v) is 13.4. The van der Waals surface area contributed by atoms with Gasteiger partial charge in [0.1, 0.15) is 0 Å². The van der Waals surface area contributed by atoms with Crippen LogP contribution in [0.4, 0.5) is 0 Å². The molecule has 116 valence electrons. The van der Waals surface area contributed by atoms with Crippen LogP contribution in [0, 0.1) is 19.8 Å². The number of ether oxygens (including phenoxy) is 1. The molecule has 1 aromatic rings. The van der Waals surface area contributed by atoms with E-state index in [0.29, 0.717) is 26.0 Å². The smallest absolute Gasteiger partial charge is 0.308 e. The van der Waals surface area contributed by atoms with Crippen molar-refractivity contribution in [2.45, 2.75) is 32.7 Å². The molecule has 1 saturated heterocycles. The SMILES string of the molecule is COCCN1C(=O)CCC(C(=O)O)C1c1cc(C)sc1C. The molecule has 0 aromatic carbocycles. The molecule has 0 aliphatic carbocycles. The molecule has 1 N–H and O–H groups in total. The first-order valence-corrected chi connectivity index (χ1v) is 7.85. The molecule has 1 amide bonds. The lowest BCUT2D eigenvalue weighted by Crippen LogP contribution is -2.46. The maximum Gasteiger partial charge on any atom is 0.308 e. The van der Waals surface area contributed by atoms with Gasteiger partial charge in [-0.15, -0.1) is 11.3 Å². The Bertz CT molecular complexity index is 540. The summed E-state index contributed by atoms with van der Waals surface area (Å²) in [5, 5.41) is 9.53. The van der Waals surface area contributed by atoms with Crippen LogP contribution in [-0.2, 0) is 14.3 Å². The average Bonchev–Trinajstić information content (AvgIpc) is 2.75. The lowest BCUT2D eigenvalue weighted by molar-refractivity contribution is -0.152. The Kier molecular flexibility index (Phi) is 5.00. The van der Waals surface area contributed by atoms with Crippen LogP contribution in [-0.4, -0.2) is 42.1 Å². The molecule has 1 aromatic heterocycles. The highest BCUT2D eigenvalue weighted by atomic mass is 32.1. The molecule has 1 aliphatic rings. The number of methoxy groups -OCH3 is 1. The molecule has 21 heavy (non-hydrogen) atoms. The van der Waals surface area contributed by atoms with Crippen molar-refractivity contribution in [3.8, 4) is 0 Å². The summed E-state index contributed by atoms with van der Waals surface area (Å²) in [6.45, 7) is 4.83. The maximum absolute atomic E-state index is 12.3. The van der Waals surface area contributed by atoms with Gasteiger partial charge in [-0.3, -0.25) is 9.59 Å². The summed E-state index contributed by atoms with van der Waals surface area (Å²) in [6.07, 6.45) is 0.690. The molecule has 0 bridgehead atoms. The van der Waals surface area contributed by atoms with Crippen LogP contribution in [0.3, 0.4) is 0 Å². The highest BCUT2D eigenvalue weighted by Gasteiger charge is 2.41. The van der Waals surface area contributed by atoms with Gasteiger partial charge in [-0.25, -0.2) is 0 Å². The average molecular weight is 311 g/mol. The van der Waals surface area contributed by atoms with Gasteiger partial charge in [0.25, 0.3) is 0 Å². The predicted octanol–water partition coefficient (Wildman–Crippen LogP) is 2.38. The third-order valence-electron chi connectivity index (χ3n) is 3.96. The van der Waals surface area contributed by atoms with Crippen molar-refractivity contribution >= 4 is 23.2 Å². The Morgan fingerprint density at radius 2 is 2.24 bits per heavy atom. The number of carbonyl (C=O) groups is 2. The number of likely N-dealkylation sites (tertiary alicyclic amines) is 1. The van der Waals surface area contributed by atoms with E-state index in [1.807, 2.05) is 19.9 Å². The van der Waals surface area contributed by atoms with Crippen molar-refractivity contribution in [2.24, 2.45) is 5.92 Å². The van der Waals surface area contributed by atoms with Gasteiger partial charge in [-0.1, -0.05) is 0 Å². The highest BCUT2D eigenvalue weighted by Crippen LogP contribution is 2.40. The molecule has 2 heterocycles. The summed E-state index contributed by atoms with van der Waals surface area (Å²) < 4.78 is 5.07. The van der Waals surface area contributed by atoms with Crippen LogP contribution in [0.15, 0.2) is 6.07 Å². The quantitative estimate of drug-likeness (QED) is 0.906. The summed E-state index contributed by atoms with van der Waals surface area (Å²) in [7, 11) is 1.58. The first kappa shape index (κ1) is 16.0. The van der Waals surface area contributed by atoms with Crippen LogP contribution in [0.2, 0.25) is 0 Å². The molecular formula is C15H21NO4S. The number of carboxylic acid groups (broad SMARTS) is 1. The van der Waals surface area contributed by atoms with Gasteiger partial charge in [0.15, 0.2) is 0 Å². The Labute approximate surface area is 128 Å². The molecule has 0 saturated carbocycles. The van der Waals surface area contributed by atoms with Gasteiger partial charge >= 0.3 is 5.97 Å². The molecule has 2 atom stereocenters. The van der Waals surface area contributed by atoms with E-state index in [0.717, 1.165) is 15.3 Å². The minimum absolute atomic E-state index is 0.0119. The number of aliphatic carboxylic acids is 1. The number of carboxylic acids is 1. The summed E-state index contributed by atoms with van der Waals surface area (Å²) in [5.74, 6) is -1.37. The molecular weight excluding hydrogens is 290 g/mol.